The van der Waals surface area contributed by atoms with E-state index in [0.717, 1.165) is 12.8 Å². The van der Waals surface area contributed by atoms with Crippen LogP contribution in [0.25, 0.3) is 0 Å². The van der Waals surface area contributed by atoms with Crippen LogP contribution in [0.5, 0.6) is 0 Å². The number of amides is 2. The second kappa shape index (κ2) is 7.67. The van der Waals surface area contributed by atoms with Crippen molar-refractivity contribution in [2.75, 3.05) is 13.1 Å². The predicted molar refractivity (Wildman–Crippen MR) is 72.6 cm³/mol. The summed E-state index contributed by atoms with van der Waals surface area (Å²) in [5, 5.41) is 11.6. The SMILES string of the molecule is C#CCC(CC)NC(=O)N1CCC(CCC(=O)O)C1. The Labute approximate surface area is 114 Å². The smallest absolute Gasteiger partial charge is 0.317 e. The maximum atomic E-state index is 12.0. The molecular weight excluding hydrogens is 244 g/mol. The Hall–Kier alpha value is -1.70. The van der Waals surface area contributed by atoms with Crippen LogP contribution in [0, 0.1) is 18.3 Å². The van der Waals surface area contributed by atoms with E-state index in [0.29, 0.717) is 31.8 Å². The average Bonchev–Trinajstić information content (AvgIpc) is 2.84. The summed E-state index contributed by atoms with van der Waals surface area (Å²) in [7, 11) is 0. The van der Waals surface area contributed by atoms with Gasteiger partial charge in [-0.25, -0.2) is 4.79 Å². The minimum Gasteiger partial charge on any atom is -0.481 e. The molecule has 2 unspecified atom stereocenters. The molecule has 1 heterocycles. The van der Waals surface area contributed by atoms with Crippen molar-refractivity contribution in [3.05, 3.63) is 0 Å². The van der Waals surface area contributed by atoms with Crippen molar-refractivity contribution in [2.24, 2.45) is 5.92 Å². The monoisotopic (exact) mass is 266 g/mol. The summed E-state index contributed by atoms with van der Waals surface area (Å²) in [5.74, 6) is 2.08. The van der Waals surface area contributed by atoms with Crippen molar-refractivity contribution in [1.82, 2.24) is 10.2 Å². The van der Waals surface area contributed by atoms with Gasteiger partial charge in [0.2, 0.25) is 0 Å². The first-order valence-corrected chi connectivity index (χ1v) is 6.77. The lowest BCUT2D eigenvalue weighted by atomic mass is 10.0. The lowest BCUT2D eigenvalue weighted by molar-refractivity contribution is -0.137. The number of nitrogens with zero attached hydrogens (tertiary/aromatic N) is 1. The highest BCUT2D eigenvalue weighted by molar-refractivity contribution is 5.74. The number of rotatable bonds is 6. The molecule has 1 fully saturated rings. The van der Waals surface area contributed by atoms with Gasteiger partial charge in [-0.15, -0.1) is 12.3 Å². The van der Waals surface area contributed by atoms with Gasteiger partial charge in [-0.05, 0) is 25.2 Å². The Morgan fingerprint density at radius 3 is 2.89 bits per heavy atom. The molecule has 0 aliphatic carbocycles. The van der Waals surface area contributed by atoms with Gasteiger partial charge in [-0.2, -0.15) is 0 Å². The number of carboxylic acid groups (broad SMARTS) is 1. The Morgan fingerprint density at radius 2 is 2.32 bits per heavy atom. The molecule has 0 radical (unpaired) electrons. The van der Waals surface area contributed by atoms with Crippen molar-refractivity contribution in [3.8, 4) is 12.3 Å². The molecule has 0 aromatic rings. The zero-order valence-electron chi connectivity index (χ0n) is 11.4. The van der Waals surface area contributed by atoms with E-state index in [2.05, 4.69) is 11.2 Å². The van der Waals surface area contributed by atoms with Crippen LogP contribution >= 0.6 is 0 Å². The number of hydrogen-bond acceptors (Lipinski definition) is 2. The van der Waals surface area contributed by atoms with E-state index in [1.54, 1.807) is 4.90 Å². The summed E-state index contributed by atoms with van der Waals surface area (Å²) in [5.41, 5.74) is 0. The van der Waals surface area contributed by atoms with Crippen molar-refractivity contribution >= 4 is 12.0 Å². The Morgan fingerprint density at radius 1 is 1.58 bits per heavy atom. The van der Waals surface area contributed by atoms with Gasteiger partial charge in [0.15, 0.2) is 0 Å². The number of likely N-dealkylation sites (tertiary alicyclic amines) is 1. The number of carboxylic acids is 1. The third kappa shape index (κ3) is 5.21. The number of carbonyl (C=O) groups excluding carboxylic acids is 1. The quantitative estimate of drug-likeness (QED) is 0.719. The van der Waals surface area contributed by atoms with E-state index in [1.807, 2.05) is 6.92 Å². The number of nitrogens with one attached hydrogen (secondary N) is 1. The molecule has 106 valence electrons. The number of terminal acetylenes is 1. The first-order chi connectivity index (χ1) is 9.06. The lowest BCUT2D eigenvalue weighted by Crippen LogP contribution is -2.43. The Bertz CT molecular complexity index is 362. The van der Waals surface area contributed by atoms with Gasteiger partial charge >= 0.3 is 12.0 Å². The van der Waals surface area contributed by atoms with Crippen LogP contribution in [0.1, 0.15) is 39.0 Å². The molecule has 0 aromatic carbocycles. The molecule has 1 saturated heterocycles. The van der Waals surface area contributed by atoms with Gasteiger partial charge < -0.3 is 15.3 Å². The molecule has 2 N–H and O–H groups in total. The van der Waals surface area contributed by atoms with E-state index in [9.17, 15) is 9.59 Å². The molecule has 19 heavy (non-hydrogen) atoms. The van der Waals surface area contributed by atoms with Gasteiger partial charge in [0.1, 0.15) is 0 Å². The summed E-state index contributed by atoms with van der Waals surface area (Å²) in [6.45, 7) is 3.33. The second-order valence-electron chi connectivity index (χ2n) is 5.00. The third-order valence-electron chi connectivity index (χ3n) is 3.52. The van der Waals surface area contributed by atoms with E-state index in [4.69, 9.17) is 11.5 Å². The Balaban J connectivity index is 2.35. The van der Waals surface area contributed by atoms with Gasteiger partial charge in [-0.1, -0.05) is 6.92 Å². The molecule has 0 bridgehead atoms. The summed E-state index contributed by atoms with van der Waals surface area (Å²) < 4.78 is 0. The fourth-order valence-corrected chi connectivity index (χ4v) is 2.29. The number of aliphatic carboxylic acids is 1. The first kappa shape index (κ1) is 15.4. The summed E-state index contributed by atoms with van der Waals surface area (Å²) >= 11 is 0. The van der Waals surface area contributed by atoms with Crippen molar-refractivity contribution < 1.29 is 14.7 Å². The fraction of sp³-hybridized carbons (Fsp3) is 0.714. The molecule has 2 amide bonds. The largest absolute Gasteiger partial charge is 0.481 e. The third-order valence-corrected chi connectivity index (χ3v) is 3.52. The van der Waals surface area contributed by atoms with Crippen molar-refractivity contribution in [1.29, 1.82) is 0 Å². The van der Waals surface area contributed by atoms with Crippen LogP contribution < -0.4 is 5.32 Å². The molecular formula is C14H22N2O3. The minimum absolute atomic E-state index is 0.0237. The molecule has 5 heteroatoms. The molecule has 0 spiro atoms. The molecule has 1 aliphatic rings. The van der Waals surface area contributed by atoms with Crippen LogP contribution in [-0.4, -0.2) is 41.1 Å². The lowest BCUT2D eigenvalue weighted by Gasteiger charge is -2.21. The fourth-order valence-electron chi connectivity index (χ4n) is 2.29. The molecule has 2 atom stereocenters. The van der Waals surface area contributed by atoms with Crippen molar-refractivity contribution in [3.63, 3.8) is 0 Å². The van der Waals surface area contributed by atoms with Gasteiger partial charge in [-0.3, -0.25) is 4.79 Å². The maximum Gasteiger partial charge on any atom is 0.317 e. The highest BCUT2D eigenvalue weighted by Gasteiger charge is 2.27. The highest BCUT2D eigenvalue weighted by atomic mass is 16.4. The summed E-state index contributed by atoms with van der Waals surface area (Å²) in [6, 6.07) is -0.0597. The van der Waals surface area contributed by atoms with Crippen LogP contribution in [0.3, 0.4) is 0 Å². The van der Waals surface area contributed by atoms with E-state index < -0.39 is 5.97 Å². The maximum absolute atomic E-state index is 12.0. The van der Waals surface area contributed by atoms with Gasteiger partial charge in [0.25, 0.3) is 0 Å². The molecule has 5 nitrogen and oxygen atoms in total. The highest BCUT2D eigenvalue weighted by Crippen LogP contribution is 2.21. The number of urea groups is 1. The summed E-state index contributed by atoms with van der Waals surface area (Å²) in [6.07, 6.45) is 8.30. The van der Waals surface area contributed by atoms with Crippen LogP contribution in [0.15, 0.2) is 0 Å². The van der Waals surface area contributed by atoms with E-state index in [-0.39, 0.29) is 18.5 Å². The zero-order chi connectivity index (χ0) is 14.3. The molecule has 0 saturated carbocycles. The van der Waals surface area contributed by atoms with Gasteiger partial charge in [0.05, 0.1) is 0 Å². The topological polar surface area (TPSA) is 69.6 Å². The van der Waals surface area contributed by atoms with Gasteiger partial charge in [0, 0.05) is 32.0 Å². The van der Waals surface area contributed by atoms with Crippen LogP contribution in [-0.2, 0) is 4.79 Å². The van der Waals surface area contributed by atoms with Crippen LogP contribution in [0.2, 0.25) is 0 Å². The van der Waals surface area contributed by atoms with E-state index in [1.165, 1.54) is 0 Å². The predicted octanol–water partition coefficient (Wildman–Crippen LogP) is 1.68. The van der Waals surface area contributed by atoms with Crippen LogP contribution in [0.4, 0.5) is 4.79 Å². The average molecular weight is 266 g/mol. The van der Waals surface area contributed by atoms with Crippen molar-refractivity contribution in [2.45, 2.75) is 45.1 Å². The minimum atomic E-state index is -0.775. The standard InChI is InChI=1S/C14H22N2O3/c1-3-5-12(4-2)15-14(19)16-9-8-11(10-16)6-7-13(17)18/h1,11-12H,4-10H2,2H3,(H,15,19)(H,17,18). The molecule has 1 aliphatic heterocycles. The molecule has 1 rings (SSSR count). The normalized spacial score (nSPS) is 19.8. The van der Waals surface area contributed by atoms with E-state index >= 15 is 0 Å². The summed E-state index contributed by atoms with van der Waals surface area (Å²) in [4.78, 5) is 24.3. The first-order valence-electron chi connectivity index (χ1n) is 6.77. The molecule has 0 aromatic heterocycles. The zero-order valence-corrected chi connectivity index (χ0v) is 11.4. The number of carbonyl (C=O) groups is 2. The Kier molecular flexibility index (Phi) is 6.20. The second-order valence-corrected chi connectivity index (χ2v) is 5.00. The number of hydrogen-bond donors (Lipinski definition) is 2.